The summed E-state index contributed by atoms with van der Waals surface area (Å²) < 4.78 is 15.9. The first-order valence-electron chi connectivity index (χ1n) is 12.6. The summed E-state index contributed by atoms with van der Waals surface area (Å²) in [6.07, 6.45) is 12.2. The van der Waals surface area contributed by atoms with E-state index in [0.29, 0.717) is 31.2 Å². The lowest BCUT2D eigenvalue weighted by atomic mass is 10.1. The molecule has 2 amide bonds. The molecule has 0 radical (unpaired) electrons. The fourth-order valence-electron chi connectivity index (χ4n) is 4.04. The predicted octanol–water partition coefficient (Wildman–Crippen LogP) is 4.12. The second-order valence-corrected chi connectivity index (χ2v) is 8.69. The van der Waals surface area contributed by atoms with Gasteiger partial charge >= 0.3 is 5.97 Å². The van der Waals surface area contributed by atoms with Gasteiger partial charge in [0.2, 0.25) is 11.8 Å². The highest BCUT2D eigenvalue weighted by atomic mass is 16.5. The molecule has 0 bridgehead atoms. The Kier molecular flexibility index (Phi) is 12.7. The van der Waals surface area contributed by atoms with Crippen molar-refractivity contribution >= 4 is 23.9 Å². The first-order chi connectivity index (χ1) is 17.0. The maximum absolute atomic E-state index is 12.9. The van der Waals surface area contributed by atoms with Gasteiger partial charge in [-0.2, -0.15) is 0 Å². The van der Waals surface area contributed by atoms with Crippen LogP contribution in [0.15, 0.2) is 24.3 Å². The van der Waals surface area contributed by atoms with Crippen LogP contribution in [0.5, 0.6) is 11.5 Å². The number of nitrogens with zero attached hydrogens (tertiary/aromatic N) is 1. The van der Waals surface area contributed by atoms with Crippen LogP contribution in [-0.2, 0) is 19.1 Å². The number of carbonyl (C=O) groups excluding carboxylic acids is 3. The second kappa shape index (κ2) is 15.8. The molecule has 194 valence electrons. The molecule has 0 aliphatic carbocycles. The molecule has 0 saturated carbocycles. The molecule has 1 unspecified atom stereocenters. The van der Waals surface area contributed by atoms with E-state index < -0.39 is 12.0 Å². The van der Waals surface area contributed by atoms with E-state index in [-0.39, 0.29) is 18.2 Å². The van der Waals surface area contributed by atoms with Crippen LogP contribution in [-0.4, -0.2) is 62.6 Å². The molecule has 1 aromatic carbocycles. The summed E-state index contributed by atoms with van der Waals surface area (Å²) in [5, 5.41) is 2.73. The fourth-order valence-corrected chi connectivity index (χ4v) is 4.04. The van der Waals surface area contributed by atoms with Gasteiger partial charge in [0.25, 0.3) is 0 Å². The van der Waals surface area contributed by atoms with Crippen LogP contribution in [0.1, 0.15) is 70.3 Å². The lowest BCUT2D eigenvalue weighted by molar-refractivity contribution is -0.150. The SMILES string of the molecule is CCCCCCCCCCOC(=O)CC1C(=O)NCCN1C(=O)/C=C/c1ccc(OC)c(OC)c1. The van der Waals surface area contributed by atoms with E-state index in [1.54, 1.807) is 38.5 Å². The number of hydrogen-bond acceptors (Lipinski definition) is 6. The van der Waals surface area contributed by atoms with Crippen LogP contribution in [0.4, 0.5) is 0 Å². The summed E-state index contributed by atoms with van der Waals surface area (Å²) in [7, 11) is 3.10. The molecule has 1 aliphatic rings. The molecule has 1 aliphatic heterocycles. The Hall–Kier alpha value is -3.03. The normalized spacial score (nSPS) is 15.7. The predicted molar refractivity (Wildman–Crippen MR) is 135 cm³/mol. The number of piperazine rings is 1. The third kappa shape index (κ3) is 9.62. The number of rotatable bonds is 15. The Morgan fingerprint density at radius 2 is 1.71 bits per heavy atom. The quantitative estimate of drug-likeness (QED) is 0.227. The number of esters is 1. The molecule has 1 fully saturated rings. The van der Waals surface area contributed by atoms with Gasteiger partial charge in [0.1, 0.15) is 6.04 Å². The zero-order valence-corrected chi connectivity index (χ0v) is 21.3. The third-order valence-corrected chi connectivity index (χ3v) is 6.06. The van der Waals surface area contributed by atoms with Crippen LogP contribution >= 0.6 is 0 Å². The Labute approximate surface area is 209 Å². The number of amides is 2. The van der Waals surface area contributed by atoms with E-state index >= 15 is 0 Å². The van der Waals surface area contributed by atoms with E-state index in [9.17, 15) is 14.4 Å². The van der Waals surface area contributed by atoms with E-state index in [1.165, 1.54) is 43.1 Å². The maximum atomic E-state index is 12.9. The first kappa shape index (κ1) is 28.2. The Morgan fingerprint density at radius 1 is 1.03 bits per heavy atom. The lowest BCUT2D eigenvalue weighted by Crippen LogP contribution is -2.57. The molecule has 2 rings (SSSR count). The molecule has 8 heteroatoms. The molecule has 35 heavy (non-hydrogen) atoms. The highest BCUT2D eigenvalue weighted by Gasteiger charge is 2.34. The summed E-state index contributed by atoms with van der Waals surface area (Å²) in [6.45, 7) is 3.22. The van der Waals surface area contributed by atoms with Crippen molar-refractivity contribution in [2.45, 2.75) is 70.8 Å². The summed E-state index contributed by atoms with van der Waals surface area (Å²) in [5.74, 6) is 0.00566. The molecule has 1 aromatic rings. The number of nitrogens with one attached hydrogen (secondary N) is 1. The Balaban J connectivity index is 1.83. The molecular weight excluding hydrogens is 448 g/mol. The molecule has 8 nitrogen and oxygen atoms in total. The minimum absolute atomic E-state index is 0.154. The number of carbonyl (C=O) groups is 3. The van der Waals surface area contributed by atoms with E-state index in [0.717, 1.165) is 24.8 Å². The van der Waals surface area contributed by atoms with Crippen LogP contribution in [0.25, 0.3) is 6.08 Å². The molecule has 0 spiro atoms. The Bertz CT molecular complexity index is 854. The van der Waals surface area contributed by atoms with Crippen molar-refractivity contribution in [1.82, 2.24) is 10.2 Å². The van der Waals surface area contributed by atoms with Crippen LogP contribution in [0.2, 0.25) is 0 Å². The number of hydrogen-bond donors (Lipinski definition) is 1. The van der Waals surface area contributed by atoms with Gasteiger partial charge in [-0.15, -0.1) is 0 Å². The monoisotopic (exact) mass is 488 g/mol. The number of ether oxygens (including phenoxy) is 3. The van der Waals surface area contributed by atoms with Gasteiger partial charge in [-0.1, -0.05) is 57.9 Å². The van der Waals surface area contributed by atoms with Gasteiger partial charge in [-0.3, -0.25) is 14.4 Å². The highest BCUT2D eigenvalue weighted by molar-refractivity contribution is 5.97. The molecule has 1 saturated heterocycles. The van der Waals surface area contributed by atoms with Gasteiger partial charge in [0.05, 0.1) is 27.2 Å². The zero-order chi connectivity index (χ0) is 25.5. The Morgan fingerprint density at radius 3 is 2.40 bits per heavy atom. The van der Waals surface area contributed by atoms with Crippen molar-refractivity contribution in [2.24, 2.45) is 0 Å². The largest absolute Gasteiger partial charge is 0.493 e. The number of methoxy groups -OCH3 is 2. The first-order valence-corrected chi connectivity index (χ1v) is 12.6. The summed E-state index contributed by atoms with van der Waals surface area (Å²) >= 11 is 0. The van der Waals surface area contributed by atoms with Gasteiger partial charge in [-0.25, -0.2) is 0 Å². The topological polar surface area (TPSA) is 94.2 Å². The van der Waals surface area contributed by atoms with E-state index in [1.807, 2.05) is 0 Å². The second-order valence-electron chi connectivity index (χ2n) is 8.69. The number of unbranched alkanes of at least 4 members (excludes halogenated alkanes) is 7. The van der Waals surface area contributed by atoms with E-state index in [4.69, 9.17) is 14.2 Å². The van der Waals surface area contributed by atoms with Crippen LogP contribution in [0, 0.1) is 0 Å². The van der Waals surface area contributed by atoms with Crippen molar-refractivity contribution in [1.29, 1.82) is 0 Å². The third-order valence-electron chi connectivity index (χ3n) is 6.06. The van der Waals surface area contributed by atoms with E-state index in [2.05, 4.69) is 12.2 Å². The van der Waals surface area contributed by atoms with Crippen molar-refractivity contribution in [3.63, 3.8) is 0 Å². The molecule has 1 atom stereocenters. The van der Waals surface area contributed by atoms with Crippen molar-refractivity contribution in [3.8, 4) is 11.5 Å². The van der Waals surface area contributed by atoms with Gasteiger partial charge in [0, 0.05) is 19.2 Å². The van der Waals surface area contributed by atoms with Gasteiger partial charge < -0.3 is 24.4 Å². The molecular formula is C27H40N2O6. The highest BCUT2D eigenvalue weighted by Crippen LogP contribution is 2.28. The van der Waals surface area contributed by atoms with Crippen molar-refractivity contribution < 1.29 is 28.6 Å². The van der Waals surface area contributed by atoms with Crippen LogP contribution < -0.4 is 14.8 Å². The summed E-state index contributed by atoms with van der Waals surface area (Å²) in [5.41, 5.74) is 0.749. The maximum Gasteiger partial charge on any atom is 0.308 e. The van der Waals surface area contributed by atoms with Crippen LogP contribution in [0.3, 0.4) is 0 Å². The number of benzene rings is 1. The zero-order valence-electron chi connectivity index (χ0n) is 21.3. The average molecular weight is 489 g/mol. The molecule has 0 aromatic heterocycles. The fraction of sp³-hybridized carbons (Fsp3) is 0.593. The minimum Gasteiger partial charge on any atom is -0.493 e. The summed E-state index contributed by atoms with van der Waals surface area (Å²) in [4.78, 5) is 39.1. The lowest BCUT2D eigenvalue weighted by Gasteiger charge is -2.33. The minimum atomic E-state index is -0.877. The smallest absolute Gasteiger partial charge is 0.308 e. The standard InChI is InChI=1S/C27H40N2O6/c1-4-5-6-7-8-9-10-11-18-35-26(31)20-22-27(32)28-16-17-29(22)25(30)15-13-21-12-14-23(33-2)24(19-21)34-3/h12-15,19,22H,4-11,16-18,20H2,1-3H3,(H,28,32)/b15-13+. The van der Waals surface area contributed by atoms with Gasteiger partial charge in [0.15, 0.2) is 11.5 Å². The summed E-state index contributed by atoms with van der Waals surface area (Å²) in [6, 6.07) is 4.43. The molecule has 1 heterocycles. The molecule has 1 N–H and O–H groups in total. The van der Waals surface area contributed by atoms with Gasteiger partial charge in [-0.05, 0) is 30.2 Å². The van der Waals surface area contributed by atoms with Crippen molar-refractivity contribution in [2.75, 3.05) is 33.9 Å². The average Bonchev–Trinajstić information content (AvgIpc) is 2.87. The van der Waals surface area contributed by atoms with Crippen molar-refractivity contribution in [3.05, 3.63) is 29.8 Å².